The van der Waals surface area contributed by atoms with Crippen molar-refractivity contribution < 1.29 is 14.3 Å². The number of hydrogen-bond acceptors (Lipinski definition) is 3. The van der Waals surface area contributed by atoms with Crippen molar-refractivity contribution in [1.29, 1.82) is 0 Å². The molecule has 1 aliphatic carbocycles. The minimum atomic E-state index is -0.00806. The molecule has 4 nitrogen and oxygen atoms in total. The van der Waals surface area contributed by atoms with Gasteiger partial charge in [-0.15, -0.1) is 0 Å². The number of carbonyl (C=O) groups is 1. The van der Waals surface area contributed by atoms with Gasteiger partial charge < -0.3 is 14.8 Å². The van der Waals surface area contributed by atoms with E-state index in [-0.39, 0.29) is 12.7 Å². The first kappa shape index (κ1) is 16.4. The topological polar surface area (TPSA) is 47.6 Å². The largest absolute Gasteiger partial charge is 0.454 e. The van der Waals surface area contributed by atoms with Gasteiger partial charge >= 0.3 is 0 Å². The molecule has 1 N–H and O–H groups in total. The van der Waals surface area contributed by atoms with Crippen LogP contribution in [0, 0.1) is 0 Å². The van der Waals surface area contributed by atoms with Crippen LogP contribution in [0.3, 0.4) is 0 Å². The molecule has 0 bridgehead atoms. The van der Waals surface area contributed by atoms with Crippen molar-refractivity contribution in [3.05, 3.63) is 54.1 Å². The summed E-state index contributed by atoms with van der Waals surface area (Å²) >= 11 is 0. The fourth-order valence-corrected chi connectivity index (χ4v) is 2.95. The number of benzene rings is 1. The summed E-state index contributed by atoms with van der Waals surface area (Å²) in [4.78, 5) is 11.8. The highest BCUT2D eigenvalue weighted by Crippen LogP contribution is 2.32. The van der Waals surface area contributed by atoms with Gasteiger partial charge in [0.05, 0.1) is 0 Å². The van der Waals surface area contributed by atoms with E-state index in [0.717, 1.165) is 29.9 Å². The second-order valence-corrected chi connectivity index (χ2v) is 6.06. The van der Waals surface area contributed by atoms with Crippen molar-refractivity contribution in [2.75, 3.05) is 6.79 Å². The predicted molar refractivity (Wildman–Crippen MR) is 94.9 cm³/mol. The molecule has 3 rings (SSSR count). The Morgan fingerprint density at radius 3 is 2.67 bits per heavy atom. The lowest BCUT2D eigenvalue weighted by molar-refractivity contribution is -0.117. The van der Waals surface area contributed by atoms with Gasteiger partial charge in [-0.25, -0.2) is 0 Å². The van der Waals surface area contributed by atoms with Gasteiger partial charge in [0.25, 0.3) is 0 Å². The molecule has 1 fully saturated rings. The Kier molecular flexibility index (Phi) is 5.72. The third-order valence-electron chi connectivity index (χ3n) is 4.22. The van der Waals surface area contributed by atoms with Crippen LogP contribution in [-0.2, 0) is 4.79 Å². The average Bonchev–Trinajstić information content (AvgIpc) is 3.06. The van der Waals surface area contributed by atoms with E-state index >= 15 is 0 Å². The van der Waals surface area contributed by atoms with Crippen molar-refractivity contribution in [3.63, 3.8) is 0 Å². The monoisotopic (exact) mass is 325 g/mol. The summed E-state index contributed by atoms with van der Waals surface area (Å²) in [5, 5.41) is 3.06. The standard InChI is InChI=1S/C20H23NO3/c22-20(21-17-9-5-3-6-10-17)11-7-2-1-4-8-16-12-13-18-19(14-16)24-15-23-18/h1-2,4,7-8,11-14,17H,3,5-6,9-10,15H2,(H,21,22). The van der Waals surface area contributed by atoms with E-state index in [2.05, 4.69) is 5.32 Å². The molecule has 1 aliphatic heterocycles. The number of rotatable bonds is 5. The highest BCUT2D eigenvalue weighted by atomic mass is 16.7. The summed E-state index contributed by atoms with van der Waals surface area (Å²) in [5.74, 6) is 1.56. The molecule has 1 saturated carbocycles. The van der Waals surface area contributed by atoms with E-state index in [0.29, 0.717) is 6.04 Å². The molecular weight excluding hydrogens is 302 g/mol. The summed E-state index contributed by atoms with van der Waals surface area (Å²) in [6.07, 6.45) is 17.0. The maximum atomic E-state index is 11.8. The molecule has 0 unspecified atom stereocenters. The van der Waals surface area contributed by atoms with Crippen LogP contribution in [-0.4, -0.2) is 18.7 Å². The second kappa shape index (κ2) is 8.39. The molecule has 1 aromatic carbocycles. The minimum absolute atomic E-state index is 0.00806. The van der Waals surface area contributed by atoms with E-state index in [4.69, 9.17) is 9.47 Å². The summed E-state index contributed by atoms with van der Waals surface area (Å²) in [5.41, 5.74) is 1.04. The lowest BCUT2D eigenvalue weighted by atomic mass is 9.95. The highest BCUT2D eigenvalue weighted by Gasteiger charge is 2.14. The van der Waals surface area contributed by atoms with E-state index in [1.807, 2.05) is 42.5 Å². The van der Waals surface area contributed by atoms with Crippen molar-refractivity contribution in [2.24, 2.45) is 0 Å². The molecule has 24 heavy (non-hydrogen) atoms. The lowest BCUT2D eigenvalue weighted by Crippen LogP contribution is -2.34. The Hall–Kier alpha value is -2.49. The van der Waals surface area contributed by atoms with Gasteiger partial charge in [-0.05, 0) is 30.5 Å². The lowest BCUT2D eigenvalue weighted by Gasteiger charge is -2.21. The van der Waals surface area contributed by atoms with E-state index in [9.17, 15) is 4.79 Å². The third kappa shape index (κ3) is 4.75. The number of allylic oxidation sites excluding steroid dienone is 4. The third-order valence-corrected chi connectivity index (χ3v) is 4.22. The highest BCUT2D eigenvalue weighted by molar-refractivity contribution is 5.88. The van der Waals surface area contributed by atoms with Crippen LogP contribution in [0.1, 0.15) is 37.7 Å². The zero-order chi connectivity index (χ0) is 16.6. The van der Waals surface area contributed by atoms with Gasteiger partial charge in [0.15, 0.2) is 11.5 Å². The fourth-order valence-electron chi connectivity index (χ4n) is 2.95. The van der Waals surface area contributed by atoms with Gasteiger partial charge in [0, 0.05) is 12.1 Å². The van der Waals surface area contributed by atoms with Gasteiger partial charge in [-0.2, -0.15) is 0 Å². The van der Waals surface area contributed by atoms with Crippen molar-refractivity contribution in [2.45, 2.75) is 38.1 Å². The fraction of sp³-hybridized carbons (Fsp3) is 0.350. The second-order valence-electron chi connectivity index (χ2n) is 6.06. The summed E-state index contributed by atoms with van der Waals surface area (Å²) in [7, 11) is 0. The number of nitrogens with one attached hydrogen (secondary N) is 1. The average molecular weight is 325 g/mol. The number of carbonyl (C=O) groups excluding carboxylic acids is 1. The summed E-state index contributed by atoms with van der Waals surface area (Å²) in [6.45, 7) is 0.288. The van der Waals surface area contributed by atoms with Gasteiger partial charge in [-0.3, -0.25) is 4.79 Å². The van der Waals surface area contributed by atoms with Crippen LogP contribution < -0.4 is 14.8 Å². The Bertz CT molecular complexity index is 655. The molecule has 1 aromatic rings. The van der Waals surface area contributed by atoms with Crippen molar-refractivity contribution >= 4 is 12.0 Å². The molecule has 0 atom stereocenters. The first-order valence-electron chi connectivity index (χ1n) is 8.53. The van der Waals surface area contributed by atoms with Crippen molar-refractivity contribution in [1.82, 2.24) is 5.32 Å². The molecule has 1 heterocycles. The van der Waals surface area contributed by atoms with Gasteiger partial charge in [-0.1, -0.05) is 55.7 Å². The molecule has 1 amide bonds. The van der Waals surface area contributed by atoms with Gasteiger partial charge in [0.2, 0.25) is 12.7 Å². The van der Waals surface area contributed by atoms with Crippen LogP contribution in [0.5, 0.6) is 11.5 Å². The normalized spacial score (nSPS) is 18.0. The van der Waals surface area contributed by atoms with Crippen LogP contribution in [0.4, 0.5) is 0 Å². The predicted octanol–water partition coefficient (Wildman–Crippen LogP) is 3.99. The molecule has 2 aliphatic rings. The first-order valence-corrected chi connectivity index (χ1v) is 8.53. The Labute approximate surface area is 142 Å². The number of fused-ring (bicyclic) bond motifs is 1. The van der Waals surface area contributed by atoms with Crippen LogP contribution >= 0.6 is 0 Å². The molecule has 4 heteroatoms. The summed E-state index contributed by atoms with van der Waals surface area (Å²) < 4.78 is 10.6. The number of amides is 1. The quantitative estimate of drug-likeness (QED) is 0.658. The molecule has 0 saturated heterocycles. The molecular formula is C20H23NO3. The first-order chi connectivity index (χ1) is 11.8. The smallest absolute Gasteiger partial charge is 0.244 e. The Balaban J connectivity index is 1.43. The number of ether oxygens (including phenoxy) is 2. The molecule has 126 valence electrons. The Morgan fingerprint density at radius 2 is 1.79 bits per heavy atom. The van der Waals surface area contributed by atoms with E-state index < -0.39 is 0 Å². The van der Waals surface area contributed by atoms with E-state index in [1.54, 1.807) is 12.2 Å². The maximum Gasteiger partial charge on any atom is 0.244 e. The Morgan fingerprint density at radius 1 is 1.00 bits per heavy atom. The maximum absolute atomic E-state index is 11.8. The number of hydrogen-bond donors (Lipinski definition) is 1. The zero-order valence-corrected chi connectivity index (χ0v) is 13.7. The van der Waals surface area contributed by atoms with Crippen LogP contribution in [0.2, 0.25) is 0 Å². The molecule has 0 aromatic heterocycles. The molecule has 0 spiro atoms. The van der Waals surface area contributed by atoms with Crippen LogP contribution in [0.15, 0.2) is 48.6 Å². The SMILES string of the molecule is O=C(C=CC=CC=Cc1ccc2c(c1)OCO2)NC1CCCCC1. The van der Waals surface area contributed by atoms with Gasteiger partial charge in [0.1, 0.15) is 0 Å². The molecule has 0 radical (unpaired) electrons. The summed E-state index contributed by atoms with van der Waals surface area (Å²) in [6, 6.07) is 6.18. The minimum Gasteiger partial charge on any atom is -0.454 e. The van der Waals surface area contributed by atoms with Crippen LogP contribution in [0.25, 0.3) is 6.08 Å². The van der Waals surface area contributed by atoms with E-state index in [1.165, 1.54) is 19.3 Å². The van der Waals surface area contributed by atoms with Crippen molar-refractivity contribution in [3.8, 4) is 11.5 Å². The zero-order valence-electron chi connectivity index (χ0n) is 13.7.